The number of rotatable bonds is 9. The first-order valence-electron chi connectivity index (χ1n) is 14.9. The average Bonchev–Trinajstić information content (AvgIpc) is 3.80. The van der Waals surface area contributed by atoms with Crippen LogP contribution in [0.4, 0.5) is 23.7 Å². The molecular formula is C33H32F3N5O5. The predicted molar refractivity (Wildman–Crippen MR) is 160 cm³/mol. The smallest absolute Gasteiger partial charge is 0.398 e. The van der Waals surface area contributed by atoms with Crippen LogP contribution in [0.25, 0.3) is 0 Å². The van der Waals surface area contributed by atoms with Crippen LogP contribution in [0.3, 0.4) is 0 Å². The van der Waals surface area contributed by atoms with Gasteiger partial charge in [-0.1, -0.05) is 48.5 Å². The monoisotopic (exact) mass is 635 g/mol. The first-order chi connectivity index (χ1) is 22.0. The molecule has 240 valence electrons. The zero-order chi connectivity index (χ0) is 32.6. The van der Waals surface area contributed by atoms with Crippen LogP contribution in [0.5, 0.6) is 5.75 Å². The maximum Gasteiger partial charge on any atom is 0.398 e. The van der Waals surface area contributed by atoms with Crippen molar-refractivity contribution in [1.82, 2.24) is 15.1 Å². The number of carbonyl (C=O) groups excluding carboxylic acids is 4. The van der Waals surface area contributed by atoms with E-state index in [1.54, 1.807) is 12.1 Å². The van der Waals surface area contributed by atoms with Gasteiger partial charge in [0.25, 0.3) is 11.8 Å². The molecule has 0 aromatic heterocycles. The Bertz CT molecular complexity index is 1690. The zero-order valence-electron chi connectivity index (χ0n) is 24.7. The first kappa shape index (κ1) is 31.1. The van der Waals surface area contributed by atoms with Crippen molar-refractivity contribution in [2.24, 2.45) is 5.73 Å². The Balaban J connectivity index is 1.21. The molecule has 4 N–H and O–H groups in total. The van der Waals surface area contributed by atoms with Gasteiger partial charge in [-0.15, -0.1) is 0 Å². The van der Waals surface area contributed by atoms with Crippen molar-refractivity contribution < 1.29 is 37.1 Å². The molecule has 2 fully saturated rings. The Labute approximate surface area is 262 Å². The molecule has 0 spiro atoms. The largest absolute Gasteiger partial charge is 0.488 e. The normalized spacial score (nSPS) is 18.8. The number of piperidine rings is 1. The van der Waals surface area contributed by atoms with Gasteiger partial charge in [0.1, 0.15) is 18.4 Å². The number of imide groups is 1. The van der Waals surface area contributed by atoms with Gasteiger partial charge in [-0.25, -0.2) is 4.79 Å². The number of hydrogen-bond acceptors (Lipinski definition) is 6. The van der Waals surface area contributed by atoms with Crippen molar-refractivity contribution in [2.75, 3.05) is 12.0 Å². The number of nitrogens with two attached hydrogens (primary N) is 1. The van der Waals surface area contributed by atoms with Gasteiger partial charge in [0, 0.05) is 35.3 Å². The van der Waals surface area contributed by atoms with E-state index in [1.165, 1.54) is 29.2 Å². The number of urea groups is 1. The summed E-state index contributed by atoms with van der Waals surface area (Å²) in [6, 6.07) is 16.9. The fourth-order valence-corrected chi connectivity index (χ4v) is 6.14. The summed E-state index contributed by atoms with van der Waals surface area (Å²) in [5, 5.41) is 5.34. The summed E-state index contributed by atoms with van der Waals surface area (Å²) < 4.78 is 47.2. The molecule has 46 heavy (non-hydrogen) atoms. The molecule has 3 aromatic rings. The Hall–Kier alpha value is -4.91. The van der Waals surface area contributed by atoms with Crippen molar-refractivity contribution in [1.29, 1.82) is 0 Å². The summed E-state index contributed by atoms with van der Waals surface area (Å²) >= 11 is 0. The van der Waals surface area contributed by atoms with Crippen LogP contribution in [0.2, 0.25) is 0 Å². The molecule has 5 amide bonds. The van der Waals surface area contributed by atoms with E-state index in [0.717, 1.165) is 10.5 Å². The predicted octanol–water partition coefficient (Wildman–Crippen LogP) is 4.57. The number of anilines is 1. The van der Waals surface area contributed by atoms with Crippen molar-refractivity contribution >= 4 is 29.4 Å². The molecule has 2 heterocycles. The number of fused-ring (bicyclic) bond motifs is 1. The second kappa shape index (κ2) is 12.1. The summed E-state index contributed by atoms with van der Waals surface area (Å²) in [4.78, 5) is 54.0. The molecule has 1 saturated heterocycles. The Morgan fingerprint density at radius 2 is 1.78 bits per heavy atom. The quantitative estimate of drug-likeness (QED) is 0.295. The molecule has 1 atom stereocenters. The molecule has 2 aliphatic heterocycles. The molecule has 3 aromatic carbocycles. The van der Waals surface area contributed by atoms with Crippen LogP contribution in [-0.2, 0) is 34.7 Å². The summed E-state index contributed by atoms with van der Waals surface area (Å²) in [5.41, 5.74) is 6.39. The Kier molecular flexibility index (Phi) is 8.19. The van der Waals surface area contributed by atoms with Crippen LogP contribution in [0.15, 0.2) is 66.7 Å². The summed E-state index contributed by atoms with van der Waals surface area (Å²) in [7, 11) is 0. The summed E-state index contributed by atoms with van der Waals surface area (Å²) in [5.74, 6) is -0.924. The van der Waals surface area contributed by atoms with Gasteiger partial charge in [-0.3, -0.25) is 19.3 Å². The highest BCUT2D eigenvalue weighted by Gasteiger charge is 2.64. The SMILES string of the molecule is NCN1C(=O)CCC(N2Cc3c(ccc(CNC(=O)Nc4cccc(C5(C(F)(F)F)CC5)c4)c3OCc3ccccc3)C2=O)C1=O. The van der Waals surface area contributed by atoms with E-state index in [0.29, 0.717) is 22.4 Å². The van der Waals surface area contributed by atoms with Crippen molar-refractivity contribution in [2.45, 2.75) is 63.0 Å². The Morgan fingerprint density at radius 3 is 2.48 bits per heavy atom. The van der Waals surface area contributed by atoms with Gasteiger partial charge in [-0.05, 0) is 48.6 Å². The lowest BCUT2D eigenvalue weighted by atomic mass is 9.95. The number of amides is 5. The van der Waals surface area contributed by atoms with Gasteiger partial charge in [0.15, 0.2) is 0 Å². The van der Waals surface area contributed by atoms with Crippen LogP contribution >= 0.6 is 0 Å². The van der Waals surface area contributed by atoms with Crippen molar-refractivity contribution in [3.05, 3.63) is 94.5 Å². The highest BCUT2D eigenvalue weighted by Crippen LogP contribution is 2.59. The third-order valence-corrected chi connectivity index (χ3v) is 8.84. The van der Waals surface area contributed by atoms with Gasteiger partial charge < -0.3 is 26.0 Å². The van der Waals surface area contributed by atoms with Crippen LogP contribution < -0.4 is 21.1 Å². The number of benzene rings is 3. The molecule has 0 bridgehead atoms. The molecule has 6 rings (SSSR count). The third-order valence-electron chi connectivity index (χ3n) is 8.84. The number of halogens is 3. The molecule has 0 radical (unpaired) electrons. The van der Waals surface area contributed by atoms with E-state index < -0.39 is 29.6 Å². The lowest BCUT2D eigenvalue weighted by Crippen LogP contribution is -2.55. The van der Waals surface area contributed by atoms with E-state index in [-0.39, 0.29) is 75.1 Å². The first-order valence-corrected chi connectivity index (χ1v) is 14.9. The average molecular weight is 636 g/mol. The maximum absolute atomic E-state index is 13.6. The lowest BCUT2D eigenvalue weighted by Gasteiger charge is -2.34. The van der Waals surface area contributed by atoms with E-state index in [2.05, 4.69) is 10.6 Å². The number of nitrogens with one attached hydrogen (secondary N) is 2. The highest BCUT2D eigenvalue weighted by atomic mass is 19.4. The van der Waals surface area contributed by atoms with E-state index in [9.17, 15) is 32.3 Å². The summed E-state index contributed by atoms with van der Waals surface area (Å²) in [6.07, 6.45) is -4.10. The molecule has 1 saturated carbocycles. The number of likely N-dealkylation sites (tertiary alicyclic amines) is 1. The Morgan fingerprint density at radius 1 is 1.02 bits per heavy atom. The minimum Gasteiger partial charge on any atom is -0.488 e. The number of hydrogen-bond donors (Lipinski definition) is 3. The second-order valence-corrected chi connectivity index (χ2v) is 11.7. The van der Waals surface area contributed by atoms with Gasteiger partial charge in [0.05, 0.1) is 18.6 Å². The number of alkyl halides is 3. The lowest BCUT2D eigenvalue weighted by molar-refractivity contribution is -0.160. The molecule has 1 aliphatic carbocycles. The number of ether oxygens (including phenoxy) is 1. The minimum atomic E-state index is -4.37. The fraction of sp³-hybridized carbons (Fsp3) is 0.333. The van der Waals surface area contributed by atoms with E-state index >= 15 is 0 Å². The molecule has 1 unspecified atom stereocenters. The standard InChI is InChI=1S/C33H32F3N5O5/c34-33(35,36)32(13-14-32)22-7-4-8-23(15-22)39-31(45)38-16-21-9-10-24-25(28(21)46-18-20-5-2-1-3-6-20)17-40(29(24)43)26-11-12-27(42)41(19-37)30(26)44/h1-10,15,26H,11-14,16-19,37H2,(H2,38,39,45). The van der Waals surface area contributed by atoms with E-state index in [1.807, 2.05) is 30.3 Å². The summed E-state index contributed by atoms with van der Waals surface area (Å²) in [6.45, 7) is -0.0906. The fourth-order valence-electron chi connectivity index (χ4n) is 6.14. The van der Waals surface area contributed by atoms with Crippen molar-refractivity contribution in [3.63, 3.8) is 0 Å². The molecule has 3 aliphatic rings. The minimum absolute atomic E-state index is 0.00841. The highest BCUT2D eigenvalue weighted by molar-refractivity contribution is 6.05. The van der Waals surface area contributed by atoms with Crippen molar-refractivity contribution in [3.8, 4) is 5.75 Å². The maximum atomic E-state index is 13.6. The number of nitrogens with zero attached hydrogens (tertiary/aromatic N) is 2. The van der Waals surface area contributed by atoms with Crippen LogP contribution in [0.1, 0.15) is 58.3 Å². The topological polar surface area (TPSA) is 134 Å². The van der Waals surface area contributed by atoms with Crippen LogP contribution in [0, 0.1) is 0 Å². The van der Waals surface area contributed by atoms with Gasteiger partial charge >= 0.3 is 12.2 Å². The van der Waals surface area contributed by atoms with E-state index in [4.69, 9.17) is 10.5 Å². The molecule has 10 nitrogen and oxygen atoms in total. The zero-order valence-corrected chi connectivity index (χ0v) is 24.7. The second-order valence-electron chi connectivity index (χ2n) is 11.7. The number of carbonyl (C=O) groups is 4. The third kappa shape index (κ3) is 5.78. The van der Waals surface area contributed by atoms with Gasteiger partial charge in [-0.2, -0.15) is 13.2 Å². The molecule has 13 heteroatoms. The van der Waals surface area contributed by atoms with Crippen LogP contribution in [-0.4, -0.2) is 52.4 Å². The van der Waals surface area contributed by atoms with Gasteiger partial charge in [0.2, 0.25) is 5.91 Å². The molecular weight excluding hydrogens is 603 g/mol.